The minimum absolute atomic E-state index is 0.204. The monoisotopic (exact) mass is 359 g/mol. The second kappa shape index (κ2) is 6.99. The fraction of sp³-hybridized carbons (Fsp3) is 0.333. The van der Waals surface area contributed by atoms with Gasteiger partial charge in [-0.2, -0.15) is 18.4 Å². The van der Waals surface area contributed by atoms with E-state index in [0.717, 1.165) is 12.1 Å². The van der Waals surface area contributed by atoms with Crippen LogP contribution in [-0.2, 0) is 4.74 Å². The average Bonchev–Trinajstić information content (AvgIpc) is 2.37. The predicted molar refractivity (Wildman–Crippen MR) is 65.7 cm³/mol. The lowest BCUT2D eigenvalue weighted by Crippen LogP contribution is -2.20. The summed E-state index contributed by atoms with van der Waals surface area (Å²) < 4.78 is 83.1. The summed E-state index contributed by atoms with van der Waals surface area (Å²) in [4.78, 5) is 10.5. The molecule has 0 unspecified atom stereocenters. The lowest BCUT2D eigenvalue weighted by Gasteiger charge is -2.17. The minimum Gasteiger partial charge on any atom is -0.462 e. The highest BCUT2D eigenvalue weighted by molar-refractivity contribution is 8.00. The van der Waals surface area contributed by atoms with E-state index in [1.807, 2.05) is 0 Å². The van der Waals surface area contributed by atoms with Crippen LogP contribution in [0.1, 0.15) is 22.8 Å². The number of carbonyl (C=O) groups excluding carboxylic acids is 1. The molecule has 4 nitrogen and oxygen atoms in total. The van der Waals surface area contributed by atoms with Gasteiger partial charge in [-0.15, -0.1) is 13.2 Å². The predicted octanol–water partition coefficient (Wildman–Crippen LogP) is 4.25. The molecule has 0 atom stereocenters. The van der Waals surface area contributed by atoms with Crippen LogP contribution >= 0.6 is 11.8 Å². The molecule has 11 heteroatoms. The number of rotatable bonds is 4. The lowest BCUT2D eigenvalue weighted by atomic mass is 10.1. The van der Waals surface area contributed by atoms with E-state index < -0.39 is 51.4 Å². The van der Waals surface area contributed by atoms with Crippen molar-refractivity contribution in [1.29, 1.82) is 5.26 Å². The van der Waals surface area contributed by atoms with Crippen LogP contribution in [0.5, 0.6) is 5.75 Å². The van der Waals surface area contributed by atoms with Crippen LogP contribution in [-0.4, -0.2) is 24.4 Å². The third-order valence-corrected chi connectivity index (χ3v) is 3.00. The first-order valence-corrected chi connectivity index (χ1v) is 6.56. The number of thioether (sulfide) groups is 1. The fourth-order valence-corrected chi connectivity index (χ4v) is 2.19. The van der Waals surface area contributed by atoms with Crippen molar-refractivity contribution in [2.45, 2.75) is 23.7 Å². The first kappa shape index (κ1) is 19.0. The van der Waals surface area contributed by atoms with E-state index in [1.165, 1.54) is 13.0 Å². The van der Waals surface area contributed by atoms with Crippen LogP contribution < -0.4 is 4.74 Å². The maximum atomic E-state index is 12.6. The van der Waals surface area contributed by atoms with Gasteiger partial charge in [0.1, 0.15) is 6.07 Å². The Morgan fingerprint density at radius 3 is 2.30 bits per heavy atom. The summed E-state index contributed by atoms with van der Waals surface area (Å²) >= 11 is -0.999. The highest BCUT2D eigenvalue weighted by Crippen LogP contribution is 2.46. The Hall–Kier alpha value is -2.09. The number of hydrogen-bond acceptors (Lipinski definition) is 5. The van der Waals surface area contributed by atoms with Crippen molar-refractivity contribution in [3.05, 3.63) is 23.3 Å². The zero-order chi connectivity index (χ0) is 17.8. The van der Waals surface area contributed by atoms with Crippen LogP contribution in [0.3, 0.4) is 0 Å². The molecule has 0 saturated heterocycles. The summed E-state index contributed by atoms with van der Waals surface area (Å²) in [7, 11) is 0. The summed E-state index contributed by atoms with van der Waals surface area (Å²) in [5.74, 6) is -2.66. The second-order valence-corrected chi connectivity index (χ2v) is 4.82. The van der Waals surface area contributed by atoms with Crippen molar-refractivity contribution < 1.29 is 40.6 Å². The number of esters is 1. The molecule has 0 bridgehead atoms. The molecule has 0 amide bonds. The number of benzene rings is 1. The van der Waals surface area contributed by atoms with Gasteiger partial charge in [0, 0.05) is 0 Å². The van der Waals surface area contributed by atoms with Crippen LogP contribution in [0.2, 0.25) is 0 Å². The number of hydrogen-bond donors (Lipinski definition) is 0. The van der Waals surface area contributed by atoms with Crippen molar-refractivity contribution in [3.63, 3.8) is 0 Å². The molecule has 0 saturated carbocycles. The van der Waals surface area contributed by atoms with E-state index in [4.69, 9.17) is 5.26 Å². The van der Waals surface area contributed by atoms with Crippen LogP contribution in [0.15, 0.2) is 17.0 Å². The Morgan fingerprint density at radius 2 is 1.87 bits per heavy atom. The van der Waals surface area contributed by atoms with E-state index in [9.17, 15) is 31.1 Å². The van der Waals surface area contributed by atoms with E-state index in [-0.39, 0.29) is 6.61 Å². The molecule has 0 N–H and O–H groups in total. The molecule has 126 valence electrons. The van der Waals surface area contributed by atoms with E-state index in [1.54, 1.807) is 0 Å². The molecule has 0 heterocycles. The van der Waals surface area contributed by atoms with Gasteiger partial charge in [0.05, 0.1) is 22.6 Å². The number of carbonyl (C=O) groups is 1. The largest absolute Gasteiger partial charge is 0.573 e. The van der Waals surface area contributed by atoms with Gasteiger partial charge in [0.25, 0.3) is 0 Å². The van der Waals surface area contributed by atoms with Crippen molar-refractivity contribution in [2.75, 3.05) is 6.61 Å². The molecule has 0 aromatic heterocycles. The molecule has 0 aliphatic carbocycles. The first-order chi connectivity index (χ1) is 10.5. The Labute approximate surface area is 130 Å². The molecule has 0 aliphatic heterocycles. The molecule has 0 radical (unpaired) electrons. The van der Waals surface area contributed by atoms with Gasteiger partial charge in [0.15, 0.2) is 5.75 Å². The van der Waals surface area contributed by atoms with Gasteiger partial charge >= 0.3 is 17.8 Å². The van der Waals surface area contributed by atoms with Gasteiger partial charge in [-0.1, -0.05) is 0 Å². The number of ether oxygens (including phenoxy) is 2. The quantitative estimate of drug-likeness (QED) is 0.457. The zero-order valence-electron chi connectivity index (χ0n) is 11.2. The molecule has 1 rings (SSSR count). The van der Waals surface area contributed by atoms with Gasteiger partial charge in [0.2, 0.25) is 0 Å². The maximum absolute atomic E-state index is 12.6. The molecular formula is C12H7F6NO3S. The number of nitrogens with zero attached hydrogens (tertiary/aromatic N) is 1. The van der Waals surface area contributed by atoms with Crippen molar-refractivity contribution >= 4 is 17.7 Å². The van der Waals surface area contributed by atoms with E-state index in [0.29, 0.717) is 0 Å². The highest BCUT2D eigenvalue weighted by atomic mass is 32.2. The number of nitriles is 1. The number of halogens is 6. The van der Waals surface area contributed by atoms with E-state index in [2.05, 4.69) is 9.47 Å². The Kier molecular flexibility index (Phi) is 5.76. The fourth-order valence-electron chi connectivity index (χ4n) is 1.45. The summed E-state index contributed by atoms with van der Waals surface area (Å²) in [6, 6.07) is 2.80. The summed E-state index contributed by atoms with van der Waals surface area (Å²) in [6.07, 6.45) is -5.35. The molecular weight excluding hydrogens is 352 g/mol. The van der Waals surface area contributed by atoms with Crippen molar-refractivity contribution in [1.82, 2.24) is 0 Å². The lowest BCUT2D eigenvalue weighted by molar-refractivity contribution is -0.275. The third-order valence-electron chi connectivity index (χ3n) is 2.16. The third kappa shape index (κ3) is 5.55. The minimum atomic E-state index is -5.35. The zero-order valence-corrected chi connectivity index (χ0v) is 12.0. The molecule has 1 aromatic rings. The summed E-state index contributed by atoms with van der Waals surface area (Å²) in [5.41, 5.74) is -6.60. The van der Waals surface area contributed by atoms with Gasteiger partial charge in [-0.3, -0.25) is 0 Å². The van der Waals surface area contributed by atoms with Gasteiger partial charge in [-0.05, 0) is 30.8 Å². The van der Waals surface area contributed by atoms with Crippen LogP contribution in [0.25, 0.3) is 0 Å². The second-order valence-electron chi connectivity index (χ2n) is 3.75. The SMILES string of the molecule is CCOC(=O)c1ccc(C#N)c(OC(F)(F)F)c1SC(F)(F)F. The Bertz CT molecular complexity index is 635. The van der Waals surface area contributed by atoms with Gasteiger partial charge in [-0.25, -0.2) is 4.79 Å². The van der Waals surface area contributed by atoms with E-state index >= 15 is 0 Å². The topological polar surface area (TPSA) is 59.3 Å². The molecule has 0 fully saturated rings. The summed E-state index contributed by atoms with van der Waals surface area (Å²) in [6.45, 7) is 1.16. The van der Waals surface area contributed by atoms with Crippen LogP contribution in [0.4, 0.5) is 26.3 Å². The molecule has 1 aromatic carbocycles. The standard InChI is InChI=1S/C12H7F6NO3S/c1-2-21-10(20)7-4-3-6(5-19)8(22-11(13,14)15)9(7)23-12(16,17)18/h3-4H,2H2,1H3. The van der Waals surface area contributed by atoms with Gasteiger partial charge < -0.3 is 9.47 Å². The van der Waals surface area contributed by atoms with Crippen LogP contribution in [0, 0.1) is 11.3 Å². The molecule has 23 heavy (non-hydrogen) atoms. The normalized spacial score (nSPS) is 11.7. The molecule has 0 aliphatic rings. The average molecular weight is 359 g/mol. The van der Waals surface area contributed by atoms with Crippen molar-refractivity contribution in [3.8, 4) is 11.8 Å². The smallest absolute Gasteiger partial charge is 0.462 e. The van der Waals surface area contributed by atoms with Crippen molar-refractivity contribution in [2.24, 2.45) is 0 Å². The summed E-state index contributed by atoms with van der Waals surface area (Å²) in [5, 5.41) is 8.77. The Morgan fingerprint density at radius 1 is 1.26 bits per heavy atom. The first-order valence-electron chi connectivity index (χ1n) is 5.74. The highest BCUT2D eigenvalue weighted by Gasteiger charge is 2.39. The maximum Gasteiger partial charge on any atom is 0.573 e. The molecule has 0 spiro atoms. The number of alkyl halides is 6. The Balaban J connectivity index is 3.57.